The SMILES string of the molecule is COc1ccc(C(CC(=O)O)NC(=O)c2nc(C)sc2C)cc1OC. The third-order valence-corrected chi connectivity index (χ3v) is 4.50. The molecule has 2 rings (SSSR count). The summed E-state index contributed by atoms with van der Waals surface area (Å²) in [5.41, 5.74) is 0.927. The van der Waals surface area contributed by atoms with Gasteiger partial charge >= 0.3 is 5.97 Å². The Bertz CT molecular complexity index is 787. The molecule has 0 radical (unpaired) electrons. The van der Waals surface area contributed by atoms with Gasteiger partial charge in [0.2, 0.25) is 0 Å². The molecule has 1 unspecified atom stereocenters. The van der Waals surface area contributed by atoms with Crippen LogP contribution >= 0.6 is 11.3 Å². The normalized spacial score (nSPS) is 11.7. The number of carbonyl (C=O) groups excluding carboxylic acids is 1. The first-order valence-corrected chi connectivity index (χ1v) is 8.36. The van der Waals surface area contributed by atoms with Crippen LogP contribution in [0.15, 0.2) is 18.2 Å². The average molecular weight is 364 g/mol. The van der Waals surface area contributed by atoms with Crippen molar-refractivity contribution in [2.75, 3.05) is 14.2 Å². The van der Waals surface area contributed by atoms with Crippen LogP contribution in [0.1, 0.15) is 38.4 Å². The van der Waals surface area contributed by atoms with Gasteiger partial charge in [0.1, 0.15) is 5.69 Å². The first kappa shape index (κ1) is 18.7. The summed E-state index contributed by atoms with van der Waals surface area (Å²) in [6.45, 7) is 3.62. The Morgan fingerprint density at radius 1 is 1.24 bits per heavy atom. The maximum atomic E-state index is 12.5. The van der Waals surface area contributed by atoms with E-state index in [2.05, 4.69) is 10.3 Å². The van der Waals surface area contributed by atoms with Crippen LogP contribution in [0.3, 0.4) is 0 Å². The molecule has 1 amide bonds. The largest absolute Gasteiger partial charge is 0.493 e. The smallest absolute Gasteiger partial charge is 0.305 e. The summed E-state index contributed by atoms with van der Waals surface area (Å²) in [5.74, 6) is -0.433. The van der Waals surface area contributed by atoms with Crippen LogP contribution in [0, 0.1) is 13.8 Å². The summed E-state index contributed by atoms with van der Waals surface area (Å²) in [5, 5.41) is 12.7. The van der Waals surface area contributed by atoms with Crippen molar-refractivity contribution < 1.29 is 24.2 Å². The number of carbonyl (C=O) groups is 2. The maximum Gasteiger partial charge on any atom is 0.305 e. The lowest BCUT2D eigenvalue weighted by Crippen LogP contribution is -2.31. The fourth-order valence-electron chi connectivity index (χ4n) is 2.46. The Hall–Kier alpha value is -2.61. The zero-order chi connectivity index (χ0) is 18.6. The highest BCUT2D eigenvalue weighted by atomic mass is 32.1. The van der Waals surface area contributed by atoms with E-state index in [1.165, 1.54) is 25.6 Å². The predicted molar refractivity (Wildman–Crippen MR) is 93.6 cm³/mol. The summed E-state index contributed by atoms with van der Waals surface area (Å²) < 4.78 is 10.4. The third kappa shape index (κ3) is 4.48. The van der Waals surface area contributed by atoms with Crippen LogP contribution in [0.2, 0.25) is 0 Å². The summed E-state index contributed by atoms with van der Waals surface area (Å²) in [4.78, 5) is 28.7. The molecule has 8 heteroatoms. The molecule has 0 bridgehead atoms. The van der Waals surface area contributed by atoms with Gasteiger partial charge in [0.25, 0.3) is 5.91 Å². The number of benzene rings is 1. The molecule has 1 aromatic heterocycles. The van der Waals surface area contributed by atoms with Crippen molar-refractivity contribution in [2.24, 2.45) is 0 Å². The lowest BCUT2D eigenvalue weighted by atomic mass is 10.0. The number of aromatic nitrogens is 1. The molecule has 0 aliphatic heterocycles. The molecule has 0 aliphatic carbocycles. The van der Waals surface area contributed by atoms with Crippen molar-refractivity contribution in [3.05, 3.63) is 39.3 Å². The number of amides is 1. The molecule has 0 spiro atoms. The number of hydrogen-bond acceptors (Lipinski definition) is 6. The zero-order valence-electron chi connectivity index (χ0n) is 14.5. The van der Waals surface area contributed by atoms with Gasteiger partial charge in [0.15, 0.2) is 11.5 Å². The average Bonchev–Trinajstić information content (AvgIpc) is 2.91. The van der Waals surface area contributed by atoms with Crippen LogP contribution < -0.4 is 14.8 Å². The molecule has 0 saturated carbocycles. The highest BCUT2D eigenvalue weighted by molar-refractivity contribution is 7.11. The lowest BCUT2D eigenvalue weighted by molar-refractivity contribution is -0.137. The van der Waals surface area contributed by atoms with E-state index in [-0.39, 0.29) is 6.42 Å². The van der Waals surface area contributed by atoms with Gasteiger partial charge < -0.3 is 19.9 Å². The molecule has 2 N–H and O–H groups in total. The Morgan fingerprint density at radius 3 is 2.44 bits per heavy atom. The fourth-order valence-corrected chi connectivity index (χ4v) is 3.28. The second-order valence-electron chi connectivity index (χ2n) is 5.38. The molecule has 0 saturated heterocycles. The lowest BCUT2D eigenvalue weighted by Gasteiger charge is -2.19. The minimum atomic E-state index is -1.02. The molecule has 134 valence electrons. The van der Waals surface area contributed by atoms with Gasteiger partial charge in [0.05, 0.1) is 31.7 Å². The number of methoxy groups -OCH3 is 2. The van der Waals surface area contributed by atoms with E-state index in [4.69, 9.17) is 9.47 Å². The van der Waals surface area contributed by atoms with Crippen molar-refractivity contribution >= 4 is 23.2 Å². The van der Waals surface area contributed by atoms with Crippen LogP contribution in [-0.2, 0) is 4.79 Å². The number of nitrogens with one attached hydrogen (secondary N) is 1. The molecule has 7 nitrogen and oxygen atoms in total. The van der Waals surface area contributed by atoms with E-state index >= 15 is 0 Å². The van der Waals surface area contributed by atoms with E-state index in [0.29, 0.717) is 22.8 Å². The van der Waals surface area contributed by atoms with E-state index in [1.54, 1.807) is 18.2 Å². The molecule has 0 fully saturated rings. The van der Waals surface area contributed by atoms with E-state index in [0.717, 1.165) is 9.88 Å². The zero-order valence-corrected chi connectivity index (χ0v) is 15.3. The predicted octanol–water partition coefficient (Wildman–Crippen LogP) is 2.72. The standard InChI is InChI=1S/C17H20N2O5S/c1-9-16(18-10(2)25-9)17(22)19-12(8-15(20)21)11-5-6-13(23-3)14(7-11)24-4/h5-7,12H,8H2,1-4H3,(H,19,22)(H,20,21). The van der Waals surface area contributed by atoms with Crippen LogP contribution in [0.5, 0.6) is 11.5 Å². The van der Waals surface area contributed by atoms with E-state index < -0.39 is 17.9 Å². The van der Waals surface area contributed by atoms with Crippen molar-refractivity contribution in [3.8, 4) is 11.5 Å². The Balaban J connectivity index is 2.31. The van der Waals surface area contributed by atoms with Crippen molar-refractivity contribution in [1.82, 2.24) is 10.3 Å². The van der Waals surface area contributed by atoms with Gasteiger partial charge in [0, 0.05) is 4.88 Å². The third-order valence-electron chi connectivity index (χ3n) is 3.61. The maximum absolute atomic E-state index is 12.5. The van der Waals surface area contributed by atoms with Crippen LogP contribution in [0.4, 0.5) is 0 Å². The van der Waals surface area contributed by atoms with Crippen molar-refractivity contribution in [1.29, 1.82) is 0 Å². The number of nitrogens with zero attached hydrogens (tertiary/aromatic N) is 1. The minimum absolute atomic E-state index is 0.261. The minimum Gasteiger partial charge on any atom is -0.493 e. The molecule has 1 heterocycles. The molecular weight excluding hydrogens is 344 g/mol. The highest BCUT2D eigenvalue weighted by Crippen LogP contribution is 2.31. The monoisotopic (exact) mass is 364 g/mol. The second kappa shape index (κ2) is 7.98. The number of ether oxygens (including phenoxy) is 2. The van der Waals surface area contributed by atoms with Gasteiger partial charge in [-0.05, 0) is 31.5 Å². The van der Waals surface area contributed by atoms with Gasteiger partial charge in [-0.2, -0.15) is 0 Å². The first-order valence-electron chi connectivity index (χ1n) is 7.54. The quantitative estimate of drug-likeness (QED) is 0.784. The van der Waals surface area contributed by atoms with E-state index in [9.17, 15) is 14.7 Å². The fraction of sp³-hybridized carbons (Fsp3) is 0.353. The van der Waals surface area contributed by atoms with Gasteiger partial charge in [-0.1, -0.05) is 6.07 Å². The number of aryl methyl sites for hydroxylation is 2. The van der Waals surface area contributed by atoms with Crippen molar-refractivity contribution in [3.63, 3.8) is 0 Å². The topological polar surface area (TPSA) is 97.8 Å². The summed E-state index contributed by atoms with van der Waals surface area (Å²) >= 11 is 1.42. The number of carboxylic acids is 1. The molecule has 2 aromatic rings. The number of aliphatic carboxylic acids is 1. The summed E-state index contributed by atoms with van der Waals surface area (Å²) in [7, 11) is 3.01. The second-order valence-corrected chi connectivity index (χ2v) is 6.78. The van der Waals surface area contributed by atoms with Gasteiger partial charge in [-0.15, -0.1) is 11.3 Å². The number of hydrogen-bond donors (Lipinski definition) is 2. The number of thiazole rings is 1. The molecule has 1 aromatic carbocycles. The molecule has 0 aliphatic rings. The van der Waals surface area contributed by atoms with Crippen LogP contribution in [-0.4, -0.2) is 36.2 Å². The Labute approximate surface area is 149 Å². The van der Waals surface area contributed by atoms with E-state index in [1.807, 2.05) is 13.8 Å². The Kier molecular flexibility index (Phi) is 5.97. The van der Waals surface area contributed by atoms with Gasteiger partial charge in [-0.3, -0.25) is 9.59 Å². The van der Waals surface area contributed by atoms with Crippen molar-refractivity contribution in [2.45, 2.75) is 26.3 Å². The molecule has 25 heavy (non-hydrogen) atoms. The van der Waals surface area contributed by atoms with Gasteiger partial charge in [-0.25, -0.2) is 4.98 Å². The number of carboxylic acid groups (broad SMARTS) is 1. The summed E-state index contributed by atoms with van der Waals surface area (Å²) in [6, 6.07) is 4.32. The first-order chi connectivity index (χ1) is 11.8. The Morgan fingerprint density at radius 2 is 1.92 bits per heavy atom. The van der Waals surface area contributed by atoms with Crippen LogP contribution in [0.25, 0.3) is 0 Å². The molecule has 1 atom stereocenters. The summed E-state index contributed by atoms with van der Waals surface area (Å²) in [6.07, 6.45) is -0.261. The number of rotatable bonds is 7. The molecular formula is C17H20N2O5S. The highest BCUT2D eigenvalue weighted by Gasteiger charge is 2.23.